The Morgan fingerprint density at radius 2 is 1.46 bits per heavy atom. The SMILES string of the molecule is CCOC(=O)C(C)(C(C)(C)C)C(C)(Cc1ccccc1)c1ccccc1OC. The first-order chi connectivity index (χ1) is 13.1. The summed E-state index contributed by atoms with van der Waals surface area (Å²) in [5.74, 6) is 0.618. The Morgan fingerprint density at radius 1 is 0.893 bits per heavy atom. The highest BCUT2D eigenvalue weighted by molar-refractivity contribution is 5.80. The molecular formula is C25H34O3. The first kappa shape index (κ1) is 22.0. The first-order valence-corrected chi connectivity index (χ1v) is 9.96. The number of carbonyl (C=O) groups is 1. The lowest BCUT2D eigenvalue weighted by atomic mass is 9.50. The molecule has 0 spiro atoms. The molecule has 0 bridgehead atoms. The van der Waals surface area contributed by atoms with Gasteiger partial charge in [0.15, 0.2) is 0 Å². The summed E-state index contributed by atoms with van der Waals surface area (Å²) in [4.78, 5) is 13.5. The van der Waals surface area contributed by atoms with E-state index in [2.05, 4.69) is 45.9 Å². The van der Waals surface area contributed by atoms with Gasteiger partial charge in [-0.05, 0) is 37.3 Å². The number of methoxy groups -OCH3 is 1. The van der Waals surface area contributed by atoms with Crippen molar-refractivity contribution in [3.8, 4) is 5.75 Å². The summed E-state index contributed by atoms with van der Waals surface area (Å²) in [6.45, 7) is 12.8. The van der Waals surface area contributed by atoms with Gasteiger partial charge in [0, 0.05) is 11.0 Å². The summed E-state index contributed by atoms with van der Waals surface area (Å²) in [6, 6.07) is 18.3. The highest BCUT2D eigenvalue weighted by Crippen LogP contribution is 2.56. The molecule has 0 aliphatic rings. The second kappa shape index (κ2) is 8.38. The van der Waals surface area contributed by atoms with E-state index in [0.29, 0.717) is 13.0 Å². The van der Waals surface area contributed by atoms with Crippen molar-refractivity contribution in [2.45, 2.75) is 53.4 Å². The smallest absolute Gasteiger partial charge is 0.313 e. The van der Waals surface area contributed by atoms with Gasteiger partial charge in [-0.1, -0.05) is 76.2 Å². The summed E-state index contributed by atoms with van der Waals surface area (Å²) in [6.07, 6.45) is 0.695. The molecule has 0 heterocycles. The Morgan fingerprint density at radius 3 is 2.00 bits per heavy atom. The van der Waals surface area contributed by atoms with Crippen molar-refractivity contribution in [2.75, 3.05) is 13.7 Å². The van der Waals surface area contributed by atoms with Gasteiger partial charge in [0.1, 0.15) is 5.75 Å². The molecular weight excluding hydrogens is 348 g/mol. The number of benzene rings is 2. The van der Waals surface area contributed by atoms with Crippen molar-refractivity contribution in [1.82, 2.24) is 0 Å². The first-order valence-electron chi connectivity index (χ1n) is 9.96. The quantitative estimate of drug-likeness (QED) is 0.567. The zero-order valence-electron chi connectivity index (χ0n) is 18.3. The molecule has 28 heavy (non-hydrogen) atoms. The normalized spacial score (nSPS) is 16.0. The summed E-state index contributed by atoms with van der Waals surface area (Å²) < 4.78 is 11.4. The van der Waals surface area contributed by atoms with Crippen LogP contribution >= 0.6 is 0 Å². The summed E-state index contributed by atoms with van der Waals surface area (Å²) in [7, 11) is 1.68. The summed E-state index contributed by atoms with van der Waals surface area (Å²) >= 11 is 0. The van der Waals surface area contributed by atoms with E-state index in [4.69, 9.17) is 9.47 Å². The number of hydrogen-bond acceptors (Lipinski definition) is 3. The number of esters is 1. The lowest BCUT2D eigenvalue weighted by Gasteiger charge is -2.52. The van der Waals surface area contributed by atoms with Gasteiger partial charge in [-0.2, -0.15) is 0 Å². The molecule has 0 saturated heterocycles. The minimum atomic E-state index is -0.791. The minimum absolute atomic E-state index is 0.174. The van der Waals surface area contributed by atoms with Crippen molar-refractivity contribution < 1.29 is 14.3 Å². The maximum absolute atomic E-state index is 13.5. The molecule has 0 amide bonds. The van der Waals surface area contributed by atoms with Crippen LogP contribution in [0.4, 0.5) is 0 Å². The van der Waals surface area contributed by atoms with Crippen LogP contribution < -0.4 is 4.74 Å². The molecule has 0 aromatic heterocycles. The van der Waals surface area contributed by atoms with Crippen LogP contribution in [0.2, 0.25) is 0 Å². The Kier molecular flexibility index (Phi) is 6.59. The monoisotopic (exact) mass is 382 g/mol. The lowest BCUT2D eigenvalue weighted by molar-refractivity contribution is -0.168. The maximum Gasteiger partial charge on any atom is 0.313 e. The number of rotatable bonds is 7. The van der Waals surface area contributed by atoms with E-state index in [1.54, 1.807) is 7.11 Å². The van der Waals surface area contributed by atoms with E-state index in [1.165, 1.54) is 5.56 Å². The van der Waals surface area contributed by atoms with Gasteiger partial charge < -0.3 is 9.47 Å². The Hall–Kier alpha value is -2.29. The fourth-order valence-corrected chi connectivity index (χ4v) is 4.28. The fourth-order valence-electron chi connectivity index (χ4n) is 4.28. The third-order valence-electron chi connectivity index (χ3n) is 6.39. The van der Waals surface area contributed by atoms with Crippen LogP contribution in [0.5, 0.6) is 5.75 Å². The van der Waals surface area contributed by atoms with Crippen molar-refractivity contribution in [1.29, 1.82) is 0 Å². The molecule has 3 nitrogen and oxygen atoms in total. The molecule has 0 saturated carbocycles. The number of ether oxygens (including phenoxy) is 2. The molecule has 0 aliphatic carbocycles. The number of hydrogen-bond donors (Lipinski definition) is 0. The molecule has 2 rings (SSSR count). The second-order valence-electron chi connectivity index (χ2n) is 8.79. The van der Waals surface area contributed by atoms with E-state index in [9.17, 15) is 4.79 Å². The highest BCUT2D eigenvalue weighted by atomic mass is 16.5. The largest absolute Gasteiger partial charge is 0.496 e. The highest BCUT2D eigenvalue weighted by Gasteiger charge is 2.59. The van der Waals surface area contributed by atoms with Gasteiger partial charge in [0.2, 0.25) is 0 Å². The molecule has 152 valence electrons. The van der Waals surface area contributed by atoms with E-state index < -0.39 is 10.8 Å². The van der Waals surface area contributed by atoms with Gasteiger partial charge in [0.25, 0.3) is 0 Å². The van der Waals surface area contributed by atoms with Crippen molar-refractivity contribution in [3.05, 3.63) is 65.7 Å². The Balaban J connectivity index is 2.80. The van der Waals surface area contributed by atoms with E-state index in [0.717, 1.165) is 11.3 Å². The molecule has 0 radical (unpaired) electrons. The summed E-state index contributed by atoms with van der Waals surface area (Å²) in [5, 5.41) is 0. The van der Waals surface area contributed by atoms with Gasteiger partial charge in [-0.25, -0.2) is 0 Å². The van der Waals surface area contributed by atoms with Gasteiger partial charge >= 0.3 is 5.97 Å². The van der Waals surface area contributed by atoms with Crippen LogP contribution in [-0.4, -0.2) is 19.7 Å². The Bertz CT molecular complexity index is 791. The average Bonchev–Trinajstić information content (AvgIpc) is 2.67. The van der Waals surface area contributed by atoms with Crippen molar-refractivity contribution in [2.24, 2.45) is 10.8 Å². The Labute approximate surface area is 170 Å². The van der Waals surface area contributed by atoms with E-state index >= 15 is 0 Å². The lowest BCUT2D eigenvalue weighted by Crippen LogP contribution is -2.56. The molecule has 2 aromatic rings. The van der Waals surface area contributed by atoms with E-state index in [-0.39, 0.29) is 11.4 Å². The van der Waals surface area contributed by atoms with Crippen LogP contribution in [0.3, 0.4) is 0 Å². The topological polar surface area (TPSA) is 35.5 Å². The number of para-hydroxylation sites is 1. The predicted octanol–water partition coefficient (Wildman–Crippen LogP) is 5.81. The fraction of sp³-hybridized carbons (Fsp3) is 0.480. The van der Waals surface area contributed by atoms with Crippen LogP contribution in [0.25, 0.3) is 0 Å². The second-order valence-corrected chi connectivity index (χ2v) is 8.79. The predicted molar refractivity (Wildman–Crippen MR) is 115 cm³/mol. The zero-order valence-corrected chi connectivity index (χ0v) is 18.3. The molecule has 0 fully saturated rings. The van der Waals surface area contributed by atoms with Crippen LogP contribution in [0.15, 0.2) is 54.6 Å². The third-order valence-corrected chi connectivity index (χ3v) is 6.39. The molecule has 2 unspecified atom stereocenters. The summed E-state index contributed by atoms with van der Waals surface area (Å²) in [5.41, 5.74) is 0.512. The molecule has 0 aliphatic heterocycles. The average molecular weight is 383 g/mol. The van der Waals surface area contributed by atoms with Crippen LogP contribution in [-0.2, 0) is 21.4 Å². The van der Waals surface area contributed by atoms with Crippen LogP contribution in [0.1, 0.15) is 52.7 Å². The zero-order chi connectivity index (χ0) is 21.0. The van der Waals surface area contributed by atoms with Gasteiger partial charge in [-0.3, -0.25) is 4.79 Å². The minimum Gasteiger partial charge on any atom is -0.496 e. The molecule has 2 aromatic carbocycles. The third kappa shape index (κ3) is 3.80. The molecule has 0 N–H and O–H groups in total. The van der Waals surface area contributed by atoms with Gasteiger partial charge in [-0.15, -0.1) is 0 Å². The number of carbonyl (C=O) groups excluding carboxylic acids is 1. The standard InChI is InChI=1S/C25H34O3/c1-8-28-22(26)25(6,23(2,3)4)24(5,18-19-14-10-9-11-15-19)20-16-12-13-17-21(20)27-7/h9-17H,8,18H2,1-7H3. The van der Waals surface area contributed by atoms with Gasteiger partial charge in [0.05, 0.1) is 19.1 Å². The maximum atomic E-state index is 13.5. The van der Waals surface area contributed by atoms with Crippen molar-refractivity contribution in [3.63, 3.8) is 0 Å². The van der Waals surface area contributed by atoms with Crippen LogP contribution in [0, 0.1) is 10.8 Å². The van der Waals surface area contributed by atoms with E-state index in [1.807, 2.05) is 50.2 Å². The molecule has 3 heteroatoms. The molecule has 2 atom stereocenters. The van der Waals surface area contributed by atoms with Crippen molar-refractivity contribution >= 4 is 5.97 Å².